The predicted molar refractivity (Wildman–Crippen MR) is 68.6 cm³/mol. The molecule has 0 saturated carbocycles. The first-order chi connectivity index (χ1) is 9.06. The van der Waals surface area contributed by atoms with Gasteiger partial charge < -0.3 is 11.1 Å². The molecule has 98 valence electrons. The fraction of sp³-hybridized carbons (Fsp3) is 0.0714. The SMILES string of the molecule is NC(=O)c1ccc(CNc2cc(F)ccc2F)cc1. The maximum absolute atomic E-state index is 13.4. The van der Waals surface area contributed by atoms with Crippen LogP contribution in [0.5, 0.6) is 0 Å². The Morgan fingerprint density at radius 3 is 2.42 bits per heavy atom. The molecule has 0 unspecified atom stereocenters. The lowest BCUT2D eigenvalue weighted by Gasteiger charge is -2.08. The molecule has 0 spiro atoms. The van der Waals surface area contributed by atoms with Gasteiger partial charge in [0.15, 0.2) is 0 Å². The minimum atomic E-state index is -0.518. The summed E-state index contributed by atoms with van der Waals surface area (Å²) >= 11 is 0. The lowest BCUT2D eigenvalue weighted by atomic mass is 10.1. The van der Waals surface area contributed by atoms with Gasteiger partial charge in [0.05, 0.1) is 5.69 Å². The number of halogens is 2. The summed E-state index contributed by atoms with van der Waals surface area (Å²) in [7, 11) is 0. The molecule has 0 aromatic heterocycles. The van der Waals surface area contributed by atoms with E-state index in [0.29, 0.717) is 12.1 Å². The Labute approximate surface area is 109 Å². The van der Waals surface area contributed by atoms with Crippen LogP contribution in [0.1, 0.15) is 15.9 Å². The molecule has 0 bridgehead atoms. The molecule has 0 atom stereocenters. The summed E-state index contributed by atoms with van der Waals surface area (Å²) < 4.78 is 26.3. The molecule has 0 aliphatic heterocycles. The Kier molecular flexibility index (Phi) is 3.75. The third-order valence-electron chi connectivity index (χ3n) is 2.65. The minimum Gasteiger partial charge on any atom is -0.379 e. The number of hydrogen-bond donors (Lipinski definition) is 2. The van der Waals surface area contributed by atoms with E-state index >= 15 is 0 Å². The second-order valence-electron chi connectivity index (χ2n) is 4.04. The summed E-state index contributed by atoms with van der Waals surface area (Å²) in [6.45, 7) is 0.319. The fourth-order valence-corrected chi connectivity index (χ4v) is 1.62. The van der Waals surface area contributed by atoms with Crippen LogP contribution < -0.4 is 11.1 Å². The molecule has 3 N–H and O–H groups in total. The molecule has 0 radical (unpaired) electrons. The van der Waals surface area contributed by atoms with E-state index in [1.54, 1.807) is 24.3 Å². The van der Waals surface area contributed by atoms with E-state index in [2.05, 4.69) is 5.32 Å². The summed E-state index contributed by atoms with van der Waals surface area (Å²) in [5, 5.41) is 2.79. The average molecular weight is 262 g/mol. The van der Waals surface area contributed by atoms with Gasteiger partial charge in [0, 0.05) is 12.1 Å². The molecule has 0 heterocycles. The topological polar surface area (TPSA) is 55.1 Å². The van der Waals surface area contributed by atoms with Crippen LogP contribution in [0, 0.1) is 11.6 Å². The van der Waals surface area contributed by atoms with Gasteiger partial charge in [-0.2, -0.15) is 0 Å². The number of amides is 1. The number of nitrogens with two attached hydrogens (primary N) is 1. The summed E-state index contributed by atoms with van der Waals surface area (Å²) in [5.74, 6) is -1.53. The van der Waals surface area contributed by atoms with Gasteiger partial charge in [0.2, 0.25) is 5.91 Å². The van der Waals surface area contributed by atoms with Crippen molar-refractivity contribution in [3.63, 3.8) is 0 Å². The summed E-state index contributed by atoms with van der Waals surface area (Å²) in [6.07, 6.45) is 0. The largest absolute Gasteiger partial charge is 0.379 e. The van der Waals surface area contributed by atoms with Gasteiger partial charge in [0.25, 0.3) is 0 Å². The zero-order chi connectivity index (χ0) is 13.8. The highest BCUT2D eigenvalue weighted by Crippen LogP contribution is 2.16. The number of nitrogens with one attached hydrogen (secondary N) is 1. The fourth-order valence-electron chi connectivity index (χ4n) is 1.62. The zero-order valence-electron chi connectivity index (χ0n) is 9.99. The molecule has 0 aliphatic rings. The van der Waals surface area contributed by atoms with Crippen molar-refractivity contribution >= 4 is 11.6 Å². The van der Waals surface area contributed by atoms with Crippen molar-refractivity contribution in [3.05, 3.63) is 65.2 Å². The third-order valence-corrected chi connectivity index (χ3v) is 2.65. The maximum Gasteiger partial charge on any atom is 0.248 e. The minimum absolute atomic E-state index is 0.0963. The molecular formula is C14H12F2N2O. The summed E-state index contributed by atoms with van der Waals surface area (Å²) in [4.78, 5) is 10.9. The van der Waals surface area contributed by atoms with E-state index in [1.807, 2.05) is 0 Å². The van der Waals surface area contributed by atoms with E-state index < -0.39 is 17.5 Å². The van der Waals surface area contributed by atoms with Gasteiger partial charge in [0.1, 0.15) is 11.6 Å². The van der Waals surface area contributed by atoms with Crippen molar-refractivity contribution in [3.8, 4) is 0 Å². The van der Waals surface area contributed by atoms with E-state index in [0.717, 1.165) is 23.8 Å². The van der Waals surface area contributed by atoms with Crippen molar-refractivity contribution in [2.24, 2.45) is 5.73 Å². The number of carbonyl (C=O) groups is 1. The maximum atomic E-state index is 13.4. The van der Waals surface area contributed by atoms with Crippen molar-refractivity contribution in [1.82, 2.24) is 0 Å². The monoisotopic (exact) mass is 262 g/mol. The number of carbonyl (C=O) groups excluding carboxylic acids is 1. The normalized spacial score (nSPS) is 10.2. The molecule has 0 fully saturated rings. The van der Waals surface area contributed by atoms with Crippen molar-refractivity contribution in [2.75, 3.05) is 5.32 Å². The number of rotatable bonds is 4. The second kappa shape index (κ2) is 5.48. The Morgan fingerprint density at radius 1 is 1.11 bits per heavy atom. The number of benzene rings is 2. The Bertz CT molecular complexity index is 597. The first-order valence-corrected chi connectivity index (χ1v) is 5.64. The van der Waals surface area contributed by atoms with Crippen molar-refractivity contribution < 1.29 is 13.6 Å². The van der Waals surface area contributed by atoms with Gasteiger partial charge in [-0.3, -0.25) is 4.79 Å². The van der Waals surface area contributed by atoms with E-state index in [9.17, 15) is 13.6 Å². The van der Waals surface area contributed by atoms with Crippen LogP contribution >= 0.6 is 0 Å². The number of hydrogen-bond acceptors (Lipinski definition) is 2. The first kappa shape index (κ1) is 13.0. The van der Waals surface area contributed by atoms with Crippen LogP contribution in [0.4, 0.5) is 14.5 Å². The standard InChI is InChI=1S/C14H12F2N2O/c15-11-5-6-12(16)13(7-11)18-8-9-1-3-10(4-2-9)14(17)19/h1-7,18H,8H2,(H2,17,19). The van der Waals surface area contributed by atoms with Gasteiger partial charge in [-0.1, -0.05) is 12.1 Å². The molecule has 0 aliphatic carbocycles. The van der Waals surface area contributed by atoms with Crippen LogP contribution in [0.25, 0.3) is 0 Å². The molecule has 2 aromatic carbocycles. The molecule has 0 saturated heterocycles. The molecule has 2 rings (SSSR count). The lowest BCUT2D eigenvalue weighted by molar-refractivity contribution is 0.100. The molecule has 3 nitrogen and oxygen atoms in total. The van der Waals surface area contributed by atoms with E-state index in [4.69, 9.17) is 5.73 Å². The van der Waals surface area contributed by atoms with E-state index in [1.165, 1.54) is 0 Å². The molecule has 5 heteroatoms. The Morgan fingerprint density at radius 2 is 1.79 bits per heavy atom. The van der Waals surface area contributed by atoms with Gasteiger partial charge in [-0.25, -0.2) is 8.78 Å². The highest BCUT2D eigenvalue weighted by Gasteiger charge is 2.04. The smallest absolute Gasteiger partial charge is 0.248 e. The second-order valence-corrected chi connectivity index (χ2v) is 4.04. The Hall–Kier alpha value is -2.43. The number of anilines is 1. The Balaban J connectivity index is 2.06. The third kappa shape index (κ3) is 3.28. The van der Waals surface area contributed by atoms with Crippen LogP contribution in [0.3, 0.4) is 0 Å². The highest BCUT2D eigenvalue weighted by atomic mass is 19.1. The van der Waals surface area contributed by atoms with Gasteiger partial charge >= 0.3 is 0 Å². The molecular weight excluding hydrogens is 250 g/mol. The highest BCUT2D eigenvalue weighted by molar-refractivity contribution is 5.92. The molecule has 2 aromatic rings. The molecule has 1 amide bonds. The van der Waals surface area contributed by atoms with Crippen molar-refractivity contribution in [2.45, 2.75) is 6.54 Å². The first-order valence-electron chi connectivity index (χ1n) is 5.64. The predicted octanol–water partition coefficient (Wildman–Crippen LogP) is 2.68. The van der Waals surface area contributed by atoms with Crippen LogP contribution in [0.15, 0.2) is 42.5 Å². The van der Waals surface area contributed by atoms with E-state index in [-0.39, 0.29) is 5.69 Å². The summed E-state index contributed by atoms with van der Waals surface area (Å²) in [5.41, 5.74) is 6.45. The van der Waals surface area contributed by atoms with Crippen LogP contribution in [-0.4, -0.2) is 5.91 Å². The zero-order valence-corrected chi connectivity index (χ0v) is 9.99. The van der Waals surface area contributed by atoms with Crippen LogP contribution in [0.2, 0.25) is 0 Å². The quantitative estimate of drug-likeness (QED) is 0.890. The average Bonchev–Trinajstić information content (AvgIpc) is 2.40. The van der Waals surface area contributed by atoms with Crippen molar-refractivity contribution in [1.29, 1.82) is 0 Å². The summed E-state index contributed by atoms with van der Waals surface area (Å²) in [6, 6.07) is 9.78. The van der Waals surface area contributed by atoms with Gasteiger partial charge in [-0.15, -0.1) is 0 Å². The molecule has 19 heavy (non-hydrogen) atoms. The number of primary amides is 1. The van der Waals surface area contributed by atoms with Crippen LogP contribution in [-0.2, 0) is 6.54 Å². The van der Waals surface area contributed by atoms with Gasteiger partial charge in [-0.05, 0) is 35.9 Å². The lowest BCUT2D eigenvalue weighted by Crippen LogP contribution is -2.10.